The molecular formula is C10H16F3N3O. The lowest BCUT2D eigenvalue weighted by atomic mass is 10.3. The van der Waals surface area contributed by atoms with Crippen LogP contribution in [0, 0.1) is 0 Å². The molecule has 0 amide bonds. The Balaban J connectivity index is 2.51. The standard InChI is InChI=1S/C10H16F3N3O/c1-8(7-17-2)16-6-5-15-9(16)14-4-3-10(11,12)13/h5-6,8H,3-4,7H2,1-2H3,(H,14,15). The van der Waals surface area contributed by atoms with Crippen LogP contribution in [0.2, 0.25) is 0 Å². The van der Waals surface area contributed by atoms with Gasteiger partial charge in [-0.3, -0.25) is 0 Å². The molecule has 0 aromatic carbocycles. The number of imidazole rings is 1. The number of hydrogen-bond donors (Lipinski definition) is 1. The number of hydrogen-bond acceptors (Lipinski definition) is 3. The molecule has 17 heavy (non-hydrogen) atoms. The van der Waals surface area contributed by atoms with E-state index in [0.717, 1.165) is 0 Å². The Bertz CT molecular complexity index is 338. The average molecular weight is 251 g/mol. The quantitative estimate of drug-likeness (QED) is 0.844. The van der Waals surface area contributed by atoms with Crippen molar-refractivity contribution in [1.82, 2.24) is 9.55 Å². The zero-order valence-electron chi connectivity index (χ0n) is 9.79. The molecule has 1 unspecified atom stereocenters. The minimum absolute atomic E-state index is 0.0240. The van der Waals surface area contributed by atoms with Gasteiger partial charge in [0.05, 0.1) is 19.1 Å². The molecule has 0 spiro atoms. The lowest BCUT2D eigenvalue weighted by molar-refractivity contribution is -0.131. The van der Waals surface area contributed by atoms with Crippen molar-refractivity contribution in [3.63, 3.8) is 0 Å². The molecular weight excluding hydrogens is 235 g/mol. The molecule has 0 aliphatic carbocycles. The van der Waals surface area contributed by atoms with Gasteiger partial charge in [-0.15, -0.1) is 0 Å². The summed E-state index contributed by atoms with van der Waals surface area (Å²) in [5.41, 5.74) is 0. The second-order valence-electron chi connectivity index (χ2n) is 3.75. The summed E-state index contributed by atoms with van der Waals surface area (Å²) in [5.74, 6) is 0.429. The van der Waals surface area contributed by atoms with E-state index in [9.17, 15) is 13.2 Å². The van der Waals surface area contributed by atoms with Gasteiger partial charge in [0, 0.05) is 26.0 Å². The van der Waals surface area contributed by atoms with Crippen molar-refractivity contribution in [2.75, 3.05) is 25.6 Å². The van der Waals surface area contributed by atoms with E-state index < -0.39 is 12.6 Å². The Morgan fingerprint density at radius 2 is 2.24 bits per heavy atom. The molecule has 1 atom stereocenters. The van der Waals surface area contributed by atoms with E-state index >= 15 is 0 Å². The Labute approximate surface area is 97.8 Å². The molecule has 0 saturated heterocycles. The summed E-state index contributed by atoms with van der Waals surface area (Å²) in [7, 11) is 1.57. The number of methoxy groups -OCH3 is 1. The van der Waals surface area contributed by atoms with Crippen molar-refractivity contribution in [2.24, 2.45) is 0 Å². The van der Waals surface area contributed by atoms with E-state index in [1.54, 1.807) is 24.1 Å². The van der Waals surface area contributed by atoms with Crippen LogP contribution in [-0.2, 0) is 4.74 Å². The molecule has 1 rings (SSSR count). The summed E-state index contributed by atoms with van der Waals surface area (Å²) in [4.78, 5) is 3.97. The highest BCUT2D eigenvalue weighted by Gasteiger charge is 2.26. The third-order valence-electron chi connectivity index (χ3n) is 2.24. The predicted octanol–water partition coefficient (Wildman–Crippen LogP) is 2.45. The van der Waals surface area contributed by atoms with Crippen LogP contribution < -0.4 is 5.32 Å². The maximum Gasteiger partial charge on any atom is 0.390 e. The van der Waals surface area contributed by atoms with E-state index in [4.69, 9.17) is 4.74 Å². The molecule has 1 N–H and O–H groups in total. The van der Waals surface area contributed by atoms with Crippen molar-refractivity contribution in [1.29, 1.82) is 0 Å². The van der Waals surface area contributed by atoms with E-state index in [1.165, 1.54) is 0 Å². The predicted molar refractivity (Wildman–Crippen MR) is 58.0 cm³/mol. The van der Waals surface area contributed by atoms with Gasteiger partial charge >= 0.3 is 6.18 Å². The number of anilines is 1. The topological polar surface area (TPSA) is 39.1 Å². The second-order valence-corrected chi connectivity index (χ2v) is 3.75. The third-order valence-corrected chi connectivity index (χ3v) is 2.24. The van der Waals surface area contributed by atoms with Gasteiger partial charge in [-0.1, -0.05) is 0 Å². The number of nitrogens with zero attached hydrogens (tertiary/aromatic N) is 2. The first-order valence-corrected chi connectivity index (χ1v) is 5.26. The number of alkyl halides is 3. The normalized spacial score (nSPS) is 13.7. The van der Waals surface area contributed by atoms with Gasteiger partial charge in [0.1, 0.15) is 0 Å². The fourth-order valence-corrected chi connectivity index (χ4v) is 1.44. The highest BCUT2D eigenvalue weighted by Crippen LogP contribution is 2.20. The van der Waals surface area contributed by atoms with E-state index in [2.05, 4.69) is 10.3 Å². The van der Waals surface area contributed by atoms with Crippen LogP contribution in [0.5, 0.6) is 0 Å². The smallest absolute Gasteiger partial charge is 0.383 e. The van der Waals surface area contributed by atoms with Gasteiger partial charge in [-0.2, -0.15) is 13.2 Å². The first-order chi connectivity index (χ1) is 7.94. The lowest BCUT2D eigenvalue weighted by Crippen LogP contribution is -2.18. The van der Waals surface area contributed by atoms with Crippen LogP contribution in [-0.4, -0.2) is 36.0 Å². The van der Waals surface area contributed by atoms with Crippen LogP contribution in [0.3, 0.4) is 0 Å². The fraction of sp³-hybridized carbons (Fsp3) is 0.700. The molecule has 0 radical (unpaired) electrons. The molecule has 7 heteroatoms. The summed E-state index contributed by atoms with van der Waals surface area (Å²) < 4.78 is 42.7. The highest BCUT2D eigenvalue weighted by molar-refractivity contribution is 5.26. The van der Waals surface area contributed by atoms with Crippen molar-refractivity contribution >= 4 is 5.95 Å². The van der Waals surface area contributed by atoms with E-state index in [-0.39, 0.29) is 12.6 Å². The molecule has 1 heterocycles. The molecule has 0 saturated carbocycles. The van der Waals surface area contributed by atoms with Gasteiger partial charge < -0.3 is 14.6 Å². The maximum absolute atomic E-state index is 12.0. The van der Waals surface area contributed by atoms with Gasteiger partial charge in [0.15, 0.2) is 0 Å². The Hall–Kier alpha value is -1.24. The van der Waals surface area contributed by atoms with E-state index in [0.29, 0.717) is 12.6 Å². The molecule has 98 valence electrons. The minimum Gasteiger partial charge on any atom is -0.383 e. The first-order valence-electron chi connectivity index (χ1n) is 5.26. The first kappa shape index (κ1) is 13.8. The molecule has 4 nitrogen and oxygen atoms in total. The fourth-order valence-electron chi connectivity index (χ4n) is 1.44. The van der Waals surface area contributed by atoms with Crippen LogP contribution in [0.15, 0.2) is 12.4 Å². The summed E-state index contributed by atoms with van der Waals surface area (Å²) in [6.45, 7) is 2.20. The van der Waals surface area contributed by atoms with Crippen molar-refractivity contribution < 1.29 is 17.9 Å². The summed E-state index contributed by atoms with van der Waals surface area (Å²) in [5, 5.41) is 2.67. The molecule has 1 aromatic heterocycles. The third kappa shape index (κ3) is 4.64. The van der Waals surface area contributed by atoms with Crippen molar-refractivity contribution in [2.45, 2.75) is 25.6 Å². The number of ether oxygens (including phenoxy) is 1. The molecule has 0 bridgehead atoms. The number of aromatic nitrogens is 2. The van der Waals surface area contributed by atoms with Crippen LogP contribution in [0.1, 0.15) is 19.4 Å². The highest BCUT2D eigenvalue weighted by atomic mass is 19.4. The molecule has 0 aliphatic heterocycles. The lowest BCUT2D eigenvalue weighted by Gasteiger charge is -2.16. The van der Waals surface area contributed by atoms with Gasteiger partial charge in [0.25, 0.3) is 0 Å². The maximum atomic E-state index is 12.0. The number of halogens is 3. The summed E-state index contributed by atoms with van der Waals surface area (Å²) >= 11 is 0. The van der Waals surface area contributed by atoms with E-state index in [1.807, 2.05) is 6.92 Å². The number of rotatable bonds is 6. The SMILES string of the molecule is COCC(C)n1ccnc1NCCC(F)(F)F. The van der Waals surface area contributed by atoms with Gasteiger partial charge in [-0.25, -0.2) is 4.98 Å². The van der Waals surface area contributed by atoms with Gasteiger partial charge in [0.2, 0.25) is 5.95 Å². The Morgan fingerprint density at radius 1 is 1.53 bits per heavy atom. The van der Waals surface area contributed by atoms with Gasteiger partial charge in [-0.05, 0) is 6.92 Å². The van der Waals surface area contributed by atoms with Crippen molar-refractivity contribution in [3.8, 4) is 0 Å². The Kier molecular flexibility index (Phi) is 4.80. The van der Waals surface area contributed by atoms with Crippen LogP contribution >= 0.6 is 0 Å². The summed E-state index contributed by atoms with van der Waals surface area (Å²) in [6.07, 6.45) is -1.78. The molecule has 0 aliphatic rings. The van der Waals surface area contributed by atoms with Crippen LogP contribution in [0.25, 0.3) is 0 Å². The largest absolute Gasteiger partial charge is 0.390 e. The zero-order chi connectivity index (χ0) is 12.9. The second kappa shape index (κ2) is 5.90. The van der Waals surface area contributed by atoms with Crippen molar-refractivity contribution in [3.05, 3.63) is 12.4 Å². The van der Waals surface area contributed by atoms with Crippen LogP contribution in [0.4, 0.5) is 19.1 Å². The monoisotopic (exact) mass is 251 g/mol. The Morgan fingerprint density at radius 3 is 2.82 bits per heavy atom. The number of nitrogens with one attached hydrogen (secondary N) is 1. The average Bonchev–Trinajstić information content (AvgIpc) is 2.64. The summed E-state index contributed by atoms with van der Waals surface area (Å²) in [6, 6.07) is 0.0240. The zero-order valence-corrected chi connectivity index (χ0v) is 9.79. The molecule has 0 fully saturated rings. The molecule has 1 aromatic rings. The minimum atomic E-state index is -4.15.